The molecule has 4 nitrogen and oxygen atoms in total. The van der Waals surface area contributed by atoms with Crippen molar-refractivity contribution in [1.82, 2.24) is 15.6 Å². The lowest BCUT2D eigenvalue weighted by Crippen LogP contribution is -2.25. The Morgan fingerprint density at radius 2 is 2.47 bits per heavy atom. The molecule has 1 aromatic rings. The van der Waals surface area contributed by atoms with Crippen LogP contribution in [0.2, 0.25) is 0 Å². The number of pyridine rings is 1. The summed E-state index contributed by atoms with van der Waals surface area (Å²) in [7, 11) is 1.95. The Kier molecular flexibility index (Phi) is 3.18. The molecule has 0 aromatic carbocycles. The minimum absolute atomic E-state index is 0.700. The van der Waals surface area contributed by atoms with Gasteiger partial charge < -0.3 is 16.4 Å². The highest BCUT2D eigenvalue weighted by molar-refractivity contribution is 5.44. The van der Waals surface area contributed by atoms with Crippen molar-refractivity contribution < 1.29 is 0 Å². The fourth-order valence-corrected chi connectivity index (χ4v) is 1.92. The number of aromatic nitrogens is 1. The third kappa shape index (κ3) is 2.27. The zero-order valence-corrected chi connectivity index (χ0v) is 9.14. The van der Waals surface area contributed by atoms with Crippen molar-refractivity contribution in [3.8, 4) is 0 Å². The highest BCUT2D eigenvalue weighted by Crippen LogP contribution is 2.18. The van der Waals surface area contributed by atoms with Gasteiger partial charge in [-0.15, -0.1) is 0 Å². The summed E-state index contributed by atoms with van der Waals surface area (Å²) in [5, 5.41) is 6.47. The molecule has 0 amide bonds. The van der Waals surface area contributed by atoms with Crippen LogP contribution in [0.25, 0.3) is 0 Å². The largest absolute Gasteiger partial charge is 0.383 e. The zero-order valence-electron chi connectivity index (χ0n) is 9.14. The first-order valence-corrected chi connectivity index (χ1v) is 5.43. The van der Waals surface area contributed by atoms with Gasteiger partial charge in [-0.3, -0.25) is 0 Å². The molecule has 0 atom stereocenters. The molecule has 2 rings (SSSR count). The van der Waals surface area contributed by atoms with Crippen LogP contribution in [0.1, 0.15) is 16.8 Å². The number of anilines is 1. The molecule has 0 aliphatic carbocycles. The Morgan fingerprint density at radius 3 is 3.27 bits per heavy atom. The van der Waals surface area contributed by atoms with Crippen molar-refractivity contribution in [2.75, 3.05) is 25.9 Å². The van der Waals surface area contributed by atoms with E-state index in [2.05, 4.69) is 21.7 Å². The Balaban J connectivity index is 2.24. The molecule has 0 unspecified atom stereocenters. The van der Waals surface area contributed by atoms with Crippen LogP contribution in [0.15, 0.2) is 6.07 Å². The van der Waals surface area contributed by atoms with Crippen LogP contribution in [-0.2, 0) is 19.4 Å². The second kappa shape index (κ2) is 4.59. The third-order valence-corrected chi connectivity index (χ3v) is 2.80. The summed E-state index contributed by atoms with van der Waals surface area (Å²) < 4.78 is 0. The summed E-state index contributed by atoms with van der Waals surface area (Å²) >= 11 is 0. The molecule has 0 fully saturated rings. The highest BCUT2D eigenvalue weighted by atomic mass is 14.9. The van der Waals surface area contributed by atoms with Gasteiger partial charge >= 0.3 is 0 Å². The highest BCUT2D eigenvalue weighted by Gasteiger charge is 2.12. The Hall–Kier alpha value is -1.13. The van der Waals surface area contributed by atoms with Gasteiger partial charge in [-0.1, -0.05) is 0 Å². The first kappa shape index (κ1) is 10.4. The van der Waals surface area contributed by atoms with E-state index < -0.39 is 0 Å². The van der Waals surface area contributed by atoms with Crippen LogP contribution >= 0.6 is 0 Å². The van der Waals surface area contributed by atoms with E-state index >= 15 is 0 Å². The molecule has 1 aliphatic heterocycles. The molecule has 0 spiro atoms. The average Bonchev–Trinajstić information content (AvgIpc) is 2.26. The number of hydrogen-bond donors (Lipinski definition) is 3. The lowest BCUT2D eigenvalue weighted by atomic mass is 10.0. The van der Waals surface area contributed by atoms with Gasteiger partial charge in [0.1, 0.15) is 5.82 Å². The van der Waals surface area contributed by atoms with Crippen LogP contribution in [0.3, 0.4) is 0 Å². The smallest absolute Gasteiger partial charge is 0.126 e. The molecule has 2 heterocycles. The fraction of sp³-hybridized carbons (Fsp3) is 0.545. The molecule has 0 bridgehead atoms. The molecule has 4 N–H and O–H groups in total. The second-order valence-electron chi connectivity index (χ2n) is 3.92. The van der Waals surface area contributed by atoms with Crippen molar-refractivity contribution in [3.05, 3.63) is 22.9 Å². The van der Waals surface area contributed by atoms with Crippen LogP contribution < -0.4 is 16.4 Å². The fourth-order valence-electron chi connectivity index (χ4n) is 1.92. The molecular formula is C11H18N4. The van der Waals surface area contributed by atoms with Crippen molar-refractivity contribution >= 4 is 5.82 Å². The van der Waals surface area contributed by atoms with E-state index in [0.717, 1.165) is 38.0 Å². The standard InChI is InChI=1S/C11H18N4/c1-13-4-2-8-6-9-7-14-5-3-10(9)15-11(8)12/h6,13-14H,2-5,7H2,1H3,(H2,12,15). The van der Waals surface area contributed by atoms with E-state index in [0.29, 0.717) is 5.82 Å². The summed E-state index contributed by atoms with van der Waals surface area (Å²) in [6, 6.07) is 2.20. The van der Waals surface area contributed by atoms with Gasteiger partial charge in [0.25, 0.3) is 0 Å². The normalized spacial score (nSPS) is 15.0. The number of nitrogens with one attached hydrogen (secondary N) is 2. The summed E-state index contributed by atoms with van der Waals surface area (Å²) in [5.41, 5.74) is 9.56. The van der Waals surface area contributed by atoms with Crippen molar-refractivity contribution in [3.63, 3.8) is 0 Å². The monoisotopic (exact) mass is 206 g/mol. The molecule has 1 aromatic heterocycles. The maximum absolute atomic E-state index is 5.93. The van der Waals surface area contributed by atoms with E-state index in [1.807, 2.05) is 7.05 Å². The predicted molar refractivity (Wildman–Crippen MR) is 61.7 cm³/mol. The van der Waals surface area contributed by atoms with Gasteiger partial charge in [0.15, 0.2) is 0 Å². The topological polar surface area (TPSA) is 63.0 Å². The SMILES string of the molecule is CNCCc1cc2c(nc1N)CCNC2. The first-order chi connectivity index (χ1) is 7.31. The summed E-state index contributed by atoms with van der Waals surface area (Å²) in [6.45, 7) is 2.88. The number of nitrogens with zero attached hydrogens (tertiary/aromatic N) is 1. The number of nitrogens with two attached hydrogens (primary N) is 1. The van der Waals surface area contributed by atoms with Gasteiger partial charge in [-0.05, 0) is 37.2 Å². The minimum Gasteiger partial charge on any atom is -0.383 e. The first-order valence-electron chi connectivity index (χ1n) is 5.43. The molecule has 1 aliphatic rings. The summed E-state index contributed by atoms with van der Waals surface area (Å²) in [4.78, 5) is 4.48. The molecule has 4 heteroatoms. The minimum atomic E-state index is 0.700. The van der Waals surface area contributed by atoms with Crippen LogP contribution in [0, 0.1) is 0 Å². The quantitative estimate of drug-likeness (QED) is 0.655. The zero-order chi connectivity index (χ0) is 10.7. The van der Waals surface area contributed by atoms with Gasteiger partial charge in [0.2, 0.25) is 0 Å². The van der Waals surface area contributed by atoms with Crippen LogP contribution in [-0.4, -0.2) is 25.1 Å². The predicted octanol–water partition coefficient (Wildman–Crippen LogP) is 0.0714. The van der Waals surface area contributed by atoms with Crippen LogP contribution in [0.4, 0.5) is 5.82 Å². The second-order valence-corrected chi connectivity index (χ2v) is 3.92. The third-order valence-electron chi connectivity index (χ3n) is 2.80. The summed E-state index contributed by atoms with van der Waals surface area (Å²) in [6.07, 6.45) is 1.94. The molecule has 82 valence electrons. The van der Waals surface area contributed by atoms with Crippen molar-refractivity contribution in [1.29, 1.82) is 0 Å². The van der Waals surface area contributed by atoms with E-state index in [9.17, 15) is 0 Å². The molecule has 15 heavy (non-hydrogen) atoms. The summed E-state index contributed by atoms with van der Waals surface area (Å²) in [5.74, 6) is 0.700. The van der Waals surface area contributed by atoms with E-state index in [1.54, 1.807) is 0 Å². The van der Waals surface area contributed by atoms with Crippen LogP contribution in [0.5, 0.6) is 0 Å². The van der Waals surface area contributed by atoms with Gasteiger partial charge in [-0.2, -0.15) is 0 Å². The molecule has 0 radical (unpaired) electrons. The lowest BCUT2D eigenvalue weighted by molar-refractivity contribution is 0.629. The van der Waals surface area contributed by atoms with Gasteiger partial charge in [-0.25, -0.2) is 4.98 Å². The number of fused-ring (bicyclic) bond motifs is 1. The molecule has 0 saturated carbocycles. The van der Waals surface area contributed by atoms with E-state index in [-0.39, 0.29) is 0 Å². The number of nitrogen functional groups attached to an aromatic ring is 1. The van der Waals surface area contributed by atoms with E-state index in [4.69, 9.17) is 5.73 Å². The van der Waals surface area contributed by atoms with Gasteiger partial charge in [0, 0.05) is 25.2 Å². The van der Waals surface area contributed by atoms with Gasteiger partial charge in [0.05, 0.1) is 0 Å². The Bertz CT molecular complexity index is 349. The lowest BCUT2D eigenvalue weighted by Gasteiger charge is -2.18. The number of hydrogen-bond acceptors (Lipinski definition) is 4. The maximum atomic E-state index is 5.93. The van der Waals surface area contributed by atoms with Crippen molar-refractivity contribution in [2.24, 2.45) is 0 Å². The molecular weight excluding hydrogens is 188 g/mol. The van der Waals surface area contributed by atoms with Crippen molar-refractivity contribution in [2.45, 2.75) is 19.4 Å². The average molecular weight is 206 g/mol. The number of likely N-dealkylation sites (N-methyl/N-ethyl adjacent to an activating group) is 1. The number of rotatable bonds is 3. The van der Waals surface area contributed by atoms with E-state index in [1.165, 1.54) is 11.3 Å². The Morgan fingerprint density at radius 1 is 1.60 bits per heavy atom. The molecule has 0 saturated heterocycles. The Labute approximate surface area is 90.3 Å². The maximum Gasteiger partial charge on any atom is 0.126 e.